The number of carbonyl (C=O) groups excluding carboxylic acids is 1. The quantitative estimate of drug-likeness (QED) is 0.582. The molecule has 11 heavy (non-hydrogen) atoms. The summed E-state index contributed by atoms with van der Waals surface area (Å²) in [5.74, 6) is 0. The van der Waals surface area contributed by atoms with Gasteiger partial charge in [-0.1, -0.05) is 38.2 Å². The third-order valence-electron chi connectivity index (χ3n) is 0.655. The van der Waals surface area contributed by atoms with E-state index in [0.29, 0.717) is 0 Å². The summed E-state index contributed by atoms with van der Waals surface area (Å²) >= 11 is 0. The molecule has 0 saturated heterocycles. The first-order valence-electron chi connectivity index (χ1n) is 3.52. The molecule has 1 radical (unpaired) electrons. The number of allylic oxidation sites excluding steroid dienone is 4. The smallest absolute Gasteiger partial charge is 0 e. The van der Waals surface area contributed by atoms with Gasteiger partial charge in [-0.3, -0.25) is 6.29 Å². The zero-order chi connectivity index (χ0) is 8.24. The van der Waals surface area contributed by atoms with Crippen LogP contribution >= 0.6 is 0 Å². The fourth-order valence-corrected chi connectivity index (χ4v) is 0.393. The van der Waals surface area contributed by atoms with E-state index in [1.165, 1.54) is 13.2 Å². The minimum absolute atomic E-state index is 0. The van der Waals surface area contributed by atoms with Gasteiger partial charge in [-0.15, -0.1) is 0 Å². The largest absolute Gasteiger partial charge is 0.542 e. The van der Waals surface area contributed by atoms with Gasteiger partial charge in [0.2, 0.25) is 0 Å². The maximum absolute atomic E-state index is 8.68. The second kappa shape index (κ2) is 22.5. The molecule has 61 valence electrons. The molecule has 0 aliphatic heterocycles. The van der Waals surface area contributed by atoms with Crippen molar-refractivity contribution < 1.29 is 37.5 Å². The molecule has 0 unspecified atom stereocenters. The molecule has 0 saturated carbocycles. The van der Waals surface area contributed by atoms with Crippen molar-refractivity contribution in [3.05, 3.63) is 24.3 Å². The third kappa shape index (κ3) is 25.3. The summed E-state index contributed by atoms with van der Waals surface area (Å²) in [4.78, 5) is 8.68. The van der Waals surface area contributed by atoms with Crippen LogP contribution in [0, 0.1) is 0 Å². The molecule has 1 nitrogen and oxygen atoms in total. The van der Waals surface area contributed by atoms with Crippen LogP contribution in [0.2, 0.25) is 0 Å². The van der Waals surface area contributed by atoms with E-state index in [0.717, 1.165) is 6.42 Å². The summed E-state index contributed by atoms with van der Waals surface area (Å²) in [5.41, 5.74) is 0. The van der Waals surface area contributed by atoms with E-state index < -0.39 is 0 Å². The Morgan fingerprint density at radius 1 is 1.18 bits per heavy atom. The van der Waals surface area contributed by atoms with Gasteiger partial charge in [-0.2, -0.15) is 6.92 Å². The van der Waals surface area contributed by atoms with Crippen LogP contribution in [0.4, 0.5) is 0 Å². The van der Waals surface area contributed by atoms with E-state index in [1.807, 2.05) is 13.8 Å². The molecular formula is C9H15OY-. The van der Waals surface area contributed by atoms with E-state index in [2.05, 4.69) is 24.3 Å². The van der Waals surface area contributed by atoms with Crippen LogP contribution in [0.15, 0.2) is 24.3 Å². The van der Waals surface area contributed by atoms with Crippen molar-refractivity contribution in [1.82, 2.24) is 0 Å². The first-order valence-corrected chi connectivity index (χ1v) is 3.52. The maximum atomic E-state index is 8.68. The van der Waals surface area contributed by atoms with E-state index in [1.54, 1.807) is 0 Å². The molecule has 0 atom stereocenters. The summed E-state index contributed by atoms with van der Waals surface area (Å²) in [6.45, 7) is 5.32. The zero-order valence-corrected chi connectivity index (χ0v) is 10.3. The van der Waals surface area contributed by atoms with Crippen molar-refractivity contribution in [3.8, 4) is 0 Å². The molecule has 0 heterocycles. The van der Waals surface area contributed by atoms with Crippen LogP contribution in [0.1, 0.15) is 27.2 Å². The van der Waals surface area contributed by atoms with Crippen molar-refractivity contribution in [2.24, 2.45) is 0 Å². The van der Waals surface area contributed by atoms with Gasteiger partial charge in [0.1, 0.15) is 0 Å². The normalized spacial score (nSPS) is 9.73. The van der Waals surface area contributed by atoms with Crippen LogP contribution in [0.5, 0.6) is 0 Å². The van der Waals surface area contributed by atoms with Gasteiger partial charge in [0.05, 0.1) is 0 Å². The predicted octanol–water partition coefficient (Wildman–Crippen LogP) is 2.64. The second-order valence-electron chi connectivity index (χ2n) is 1.30. The van der Waals surface area contributed by atoms with Gasteiger partial charge in [0.15, 0.2) is 0 Å². The summed E-state index contributed by atoms with van der Waals surface area (Å²) in [5, 5.41) is 0. The molecule has 0 amide bonds. The van der Waals surface area contributed by atoms with E-state index in [9.17, 15) is 0 Å². The Balaban J connectivity index is -0.0000000956. The van der Waals surface area contributed by atoms with Gasteiger partial charge in [-0.05, 0) is 6.42 Å². The maximum Gasteiger partial charge on any atom is 0 e. The fraction of sp³-hybridized carbons (Fsp3) is 0.444. The zero-order valence-electron chi connectivity index (χ0n) is 7.50. The van der Waals surface area contributed by atoms with Gasteiger partial charge in [0.25, 0.3) is 0 Å². The fourth-order valence-electron chi connectivity index (χ4n) is 0.393. The molecule has 0 aromatic rings. The van der Waals surface area contributed by atoms with E-state index >= 15 is 0 Å². The molecule has 0 spiro atoms. The Hall–Kier alpha value is 0.254. The Morgan fingerprint density at radius 3 is 1.55 bits per heavy atom. The summed E-state index contributed by atoms with van der Waals surface area (Å²) in [6.07, 6.45) is 11.0. The molecule has 0 aromatic heterocycles. The molecule has 0 bridgehead atoms. The average Bonchev–Trinajstić information content (AvgIpc) is 2.48. The topological polar surface area (TPSA) is 17.1 Å². The second-order valence-corrected chi connectivity index (χ2v) is 1.30. The van der Waals surface area contributed by atoms with Gasteiger partial charge < -0.3 is 4.79 Å². The molecule has 1 aliphatic rings. The minimum Gasteiger partial charge on any atom is -0.542 e. The Labute approximate surface area is 94.8 Å². The van der Waals surface area contributed by atoms with Crippen molar-refractivity contribution in [1.29, 1.82) is 0 Å². The van der Waals surface area contributed by atoms with Crippen molar-refractivity contribution in [2.45, 2.75) is 27.2 Å². The van der Waals surface area contributed by atoms with Crippen molar-refractivity contribution in [2.75, 3.05) is 0 Å². The monoisotopic (exact) mass is 228 g/mol. The molecular weight excluding hydrogens is 213 g/mol. The molecule has 0 aromatic carbocycles. The number of hydrogen-bond donors (Lipinski definition) is 0. The van der Waals surface area contributed by atoms with Gasteiger partial charge >= 0.3 is 0 Å². The molecule has 1 aliphatic carbocycles. The first kappa shape index (κ1) is 17.4. The van der Waals surface area contributed by atoms with E-state index in [-0.39, 0.29) is 32.7 Å². The van der Waals surface area contributed by atoms with Crippen molar-refractivity contribution in [3.63, 3.8) is 0 Å². The standard InChI is InChI=1S/C5H6.C2H3O.C2H6.Y/c1-2-4-5-3-1;1-2-3;1-2;/h1-4H,5H2;1H3;1-2H3;/q;-1;;. The van der Waals surface area contributed by atoms with E-state index in [4.69, 9.17) is 4.79 Å². The molecule has 2 heteroatoms. The van der Waals surface area contributed by atoms with Gasteiger partial charge in [-0.25, -0.2) is 0 Å². The summed E-state index contributed by atoms with van der Waals surface area (Å²) < 4.78 is 0. The molecule has 0 N–H and O–H groups in total. The Morgan fingerprint density at radius 2 is 1.45 bits per heavy atom. The molecule has 1 rings (SSSR count). The van der Waals surface area contributed by atoms with Crippen LogP contribution in [-0.2, 0) is 37.5 Å². The summed E-state index contributed by atoms with van der Waals surface area (Å²) in [6, 6.07) is 0. The molecule has 0 fully saturated rings. The average molecular weight is 228 g/mol. The number of rotatable bonds is 0. The number of hydrogen-bond acceptors (Lipinski definition) is 1. The SMILES string of the molecule is C1=CCC=C1.CC.C[C-]=O.[Y]. The predicted molar refractivity (Wildman–Crippen MR) is 45.6 cm³/mol. The van der Waals surface area contributed by atoms with Crippen LogP contribution in [0.25, 0.3) is 0 Å². The van der Waals surface area contributed by atoms with Crippen molar-refractivity contribution >= 4 is 6.29 Å². The van der Waals surface area contributed by atoms with Crippen LogP contribution in [-0.4, -0.2) is 6.29 Å². The van der Waals surface area contributed by atoms with Crippen LogP contribution in [0.3, 0.4) is 0 Å². The first-order chi connectivity index (χ1) is 4.91. The minimum atomic E-state index is 0. The van der Waals surface area contributed by atoms with Gasteiger partial charge in [0, 0.05) is 32.7 Å². The third-order valence-corrected chi connectivity index (χ3v) is 0.655. The Kier molecular flexibility index (Phi) is 35.4. The van der Waals surface area contributed by atoms with Crippen LogP contribution < -0.4 is 0 Å². The Bertz CT molecular complexity index is 96.1. The summed E-state index contributed by atoms with van der Waals surface area (Å²) in [7, 11) is 0.